The molecule has 2 aromatic rings. The summed E-state index contributed by atoms with van der Waals surface area (Å²) in [5, 5.41) is 7.24. The standard InChI is InChI=1S/C22H29N3O2S/c28-22(23-10-11-25-12-14-26-15-13-25)24-16-19-6-8-21(9-7-19)18-27-17-20-4-2-1-3-5-20/h1-9H,10-18H2,(H2,23,24,28). The summed E-state index contributed by atoms with van der Waals surface area (Å²) in [5.74, 6) is 0. The highest BCUT2D eigenvalue weighted by molar-refractivity contribution is 7.80. The molecule has 5 nitrogen and oxygen atoms in total. The number of hydrogen-bond donors (Lipinski definition) is 2. The lowest BCUT2D eigenvalue weighted by Gasteiger charge is -2.26. The van der Waals surface area contributed by atoms with E-state index in [9.17, 15) is 0 Å². The van der Waals surface area contributed by atoms with Crippen molar-refractivity contribution in [2.75, 3.05) is 39.4 Å². The third-order valence-corrected chi connectivity index (χ3v) is 4.96. The molecule has 3 rings (SSSR count). The van der Waals surface area contributed by atoms with Crippen LogP contribution in [0.25, 0.3) is 0 Å². The van der Waals surface area contributed by atoms with Crippen molar-refractivity contribution in [2.45, 2.75) is 19.8 Å². The van der Waals surface area contributed by atoms with Crippen LogP contribution in [-0.4, -0.2) is 49.4 Å². The van der Waals surface area contributed by atoms with Crippen molar-refractivity contribution < 1.29 is 9.47 Å². The lowest BCUT2D eigenvalue weighted by molar-refractivity contribution is 0.0389. The molecule has 1 aliphatic heterocycles. The third-order valence-electron chi connectivity index (χ3n) is 4.67. The molecule has 0 unspecified atom stereocenters. The second-order valence-corrected chi connectivity index (χ2v) is 7.27. The average Bonchev–Trinajstić information content (AvgIpc) is 2.75. The van der Waals surface area contributed by atoms with Gasteiger partial charge >= 0.3 is 0 Å². The summed E-state index contributed by atoms with van der Waals surface area (Å²) < 4.78 is 11.1. The fourth-order valence-electron chi connectivity index (χ4n) is 3.01. The number of thiocarbonyl (C=S) groups is 1. The Morgan fingerprint density at radius 1 is 0.893 bits per heavy atom. The van der Waals surface area contributed by atoms with Gasteiger partial charge in [0.1, 0.15) is 0 Å². The van der Waals surface area contributed by atoms with Crippen molar-refractivity contribution in [1.82, 2.24) is 15.5 Å². The van der Waals surface area contributed by atoms with Crippen LogP contribution >= 0.6 is 12.2 Å². The maximum atomic E-state index is 5.78. The van der Waals surface area contributed by atoms with E-state index in [0.717, 1.165) is 39.4 Å². The van der Waals surface area contributed by atoms with Gasteiger partial charge in [0.25, 0.3) is 0 Å². The Bertz CT molecular complexity index is 703. The Hall–Kier alpha value is -1.99. The summed E-state index contributed by atoms with van der Waals surface area (Å²) in [4.78, 5) is 2.39. The monoisotopic (exact) mass is 399 g/mol. The van der Waals surface area contributed by atoms with Gasteiger partial charge in [-0.3, -0.25) is 4.90 Å². The number of hydrogen-bond acceptors (Lipinski definition) is 4. The first-order valence-electron chi connectivity index (χ1n) is 9.81. The first-order valence-corrected chi connectivity index (χ1v) is 10.2. The molecule has 1 saturated heterocycles. The van der Waals surface area contributed by atoms with Crippen molar-refractivity contribution in [1.29, 1.82) is 0 Å². The molecule has 2 N–H and O–H groups in total. The SMILES string of the molecule is S=C(NCCN1CCOCC1)NCc1ccc(COCc2ccccc2)cc1. The molecule has 150 valence electrons. The summed E-state index contributed by atoms with van der Waals surface area (Å²) in [5.41, 5.74) is 3.56. The molecule has 1 fully saturated rings. The quantitative estimate of drug-likeness (QED) is 0.632. The first kappa shape index (κ1) is 20.7. The Labute approximate surface area is 173 Å². The van der Waals surface area contributed by atoms with Crippen molar-refractivity contribution in [3.63, 3.8) is 0 Å². The molecule has 0 bridgehead atoms. The number of nitrogens with one attached hydrogen (secondary N) is 2. The molecule has 28 heavy (non-hydrogen) atoms. The predicted molar refractivity (Wildman–Crippen MR) is 116 cm³/mol. The van der Waals surface area contributed by atoms with Crippen molar-refractivity contribution in [3.05, 3.63) is 71.3 Å². The average molecular weight is 400 g/mol. The number of rotatable bonds is 9. The molecule has 1 aliphatic rings. The first-order chi connectivity index (χ1) is 13.8. The molecule has 0 radical (unpaired) electrons. The molecule has 0 spiro atoms. The molecule has 0 amide bonds. The highest BCUT2D eigenvalue weighted by atomic mass is 32.1. The van der Waals surface area contributed by atoms with Gasteiger partial charge < -0.3 is 20.1 Å². The topological polar surface area (TPSA) is 45.8 Å². The van der Waals surface area contributed by atoms with E-state index in [1.165, 1.54) is 16.7 Å². The highest BCUT2D eigenvalue weighted by Gasteiger charge is 2.09. The molecular formula is C22H29N3O2S. The third kappa shape index (κ3) is 7.56. The van der Waals surface area contributed by atoms with Crippen LogP contribution in [0.1, 0.15) is 16.7 Å². The predicted octanol–water partition coefficient (Wildman–Crippen LogP) is 2.70. The van der Waals surface area contributed by atoms with E-state index in [-0.39, 0.29) is 0 Å². The smallest absolute Gasteiger partial charge is 0.166 e. The Balaban J connectivity index is 1.29. The molecule has 0 saturated carbocycles. The van der Waals surface area contributed by atoms with Gasteiger partial charge in [-0.05, 0) is 28.9 Å². The molecule has 0 atom stereocenters. The van der Waals surface area contributed by atoms with Crippen LogP contribution in [0.5, 0.6) is 0 Å². The number of benzene rings is 2. The zero-order valence-corrected chi connectivity index (χ0v) is 17.0. The van der Waals surface area contributed by atoms with Gasteiger partial charge in [0.15, 0.2) is 5.11 Å². The Morgan fingerprint density at radius 3 is 2.25 bits per heavy atom. The van der Waals surface area contributed by atoms with Crippen LogP contribution in [0.15, 0.2) is 54.6 Å². The minimum atomic E-state index is 0.615. The van der Waals surface area contributed by atoms with Gasteiger partial charge in [-0.15, -0.1) is 0 Å². The molecule has 2 aromatic carbocycles. The molecule has 0 aliphatic carbocycles. The number of nitrogens with zero attached hydrogens (tertiary/aromatic N) is 1. The molecule has 0 aromatic heterocycles. The van der Waals surface area contributed by atoms with Crippen LogP contribution in [0.4, 0.5) is 0 Å². The zero-order chi connectivity index (χ0) is 19.4. The maximum absolute atomic E-state index is 5.78. The van der Waals surface area contributed by atoms with Gasteiger partial charge in [-0.25, -0.2) is 0 Å². The van der Waals surface area contributed by atoms with Crippen molar-refractivity contribution in [2.24, 2.45) is 0 Å². The van der Waals surface area contributed by atoms with Crippen molar-refractivity contribution >= 4 is 17.3 Å². The van der Waals surface area contributed by atoms with E-state index in [1.807, 2.05) is 18.2 Å². The largest absolute Gasteiger partial charge is 0.379 e. The zero-order valence-electron chi connectivity index (χ0n) is 16.2. The second-order valence-electron chi connectivity index (χ2n) is 6.86. The van der Waals surface area contributed by atoms with Crippen LogP contribution < -0.4 is 10.6 Å². The van der Waals surface area contributed by atoms with Gasteiger partial charge in [-0.2, -0.15) is 0 Å². The number of ether oxygens (including phenoxy) is 2. The minimum absolute atomic E-state index is 0.615. The van der Waals surface area contributed by atoms with E-state index < -0.39 is 0 Å². The second kappa shape index (κ2) is 11.8. The normalized spacial score (nSPS) is 14.6. The maximum Gasteiger partial charge on any atom is 0.166 e. The molecule has 6 heteroatoms. The van der Waals surface area contributed by atoms with E-state index in [0.29, 0.717) is 24.9 Å². The van der Waals surface area contributed by atoms with Gasteiger partial charge in [-0.1, -0.05) is 54.6 Å². The van der Waals surface area contributed by atoms with Crippen LogP contribution in [0, 0.1) is 0 Å². The van der Waals surface area contributed by atoms with Crippen LogP contribution in [0.2, 0.25) is 0 Å². The fourth-order valence-corrected chi connectivity index (χ4v) is 3.19. The Morgan fingerprint density at radius 2 is 1.54 bits per heavy atom. The van der Waals surface area contributed by atoms with Gasteiger partial charge in [0, 0.05) is 32.7 Å². The van der Waals surface area contributed by atoms with E-state index >= 15 is 0 Å². The summed E-state index contributed by atoms with van der Waals surface area (Å²) in [6, 6.07) is 18.7. The number of morpholine rings is 1. The summed E-state index contributed by atoms with van der Waals surface area (Å²) in [7, 11) is 0. The van der Waals surface area contributed by atoms with Gasteiger partial charge in [0.05, 0.1) is 26.4 Å². The lowest BCUT2D eigenvalue weighted by atomic mass is 10.1. The van der Waals surface area contributed by atoms with Crippen molar-refractivity contribution in [3.8, 4) is 0 Å². The summed E-state index contributed by atoms with van der Waals surface area (Å²) in [6.45, 7) is 7.47. The molecular weight excluding hydrogens is 370 g/mol. The minimum Gasteiger partial charge on any atom is -0.379 e. The highest BCUT2D eigenvalue weighted by Crippen LogP contribution is 2.08. The Kier molecular flexibility index (Phi) is 8.71. The molecule has 1 heterocycles. The summed E-state index contributed by atoms with van der Waals surface area (Å²) in [6.07, 6.45) is 0. The summed E-state index contributed by atoms with van der Waals surface area (Å²) >= 11 is 5.36. The van der Waals surface area contributed by atoms with Crippen LogP contribution in [-0.2, 0) is 29.2 Å². The lowest BCUT2D eigenvalue weighted by Crippen LogP contribution is -2.43. The van der Waals surface area contributed by atoms with E-state index in [4.69, 9.17) is 21.7 Å². The van der Waals surface area contributed by atoms with E-state index in [1.54, 1.807) is 0 Å². The fraction of sp³-hybridized carbons (Fsp3) is 0.409. The van der Waals surface area contributed by atoms with Crippen LogP contribution in [0.3, 0.4) is 0 Å². The van der Waals surface area contributed by atoms with E-state index in [2.05, 4.69) is 51.9 Å². The van der Waals surface area contributed by atoms with Gasteiger partial charge in [0.2, 0.25) is 0 Å².